The Morgan fingerprint density at radius 1 is 1.39 bits per heavy atom. The van der Waals surface area contributed by atoms with Crippen LogP contribution in [0.3, 0.4) is 0 Å². The zero-order valence-corrected chi connectivity index (χ0v) is 12.3. The van der Waals surface area contributed by atoms with Gasteiger partial charge in [-0.25, -0.2) is 0 Å². The minimum atomic E-state index is 0.00877. The molecule has 18 heavy (non-hydrogen) atoms. The van der Waals surface area contributed by atoms with E-state index < -0.39 is 0 Å². The first-order chi connectivity index (χ1) is 8.51. The molecule has 0 spiro atoms. The van der Waals surface area contributed by atoms with Crippen molar-refractivity contribution in [1.82, 2.24) is 5.32 Å². The minimum absolute atomic E-state index is 0.00877. The van der Waals surface area contributed by atoms with E-state index in [1.807, 2.05) is 0 Å². The van der Waals surface area contributed by atoms with Crippen LogP contribution in [0.4, 0.5) is 0 Å². The Kier molecular flexibility index (Phi) is 4.35. The second kappa shape index (κ2) is 5.48. The van der Waals surface area contributed by atoms with Crippen molar-refractivity contribution in [1.29, 1.82) is 0 Å². The molecule has 0 aromatic rings. The molecule has 2 fully saturated rings. The van der Waals surface area contributed by atoms with E-state index in [-0.39, 0.29) is 11.1 Å². The standard InChI is InChI=1S/C15H30N2O/c1-4-14(3)10-15(11-16,7-8-18-14)17-13-6-5-12(2)9-13/h12-13,17H,4-11,16H2,1-3H3. The number of rotatable bonds is 4. The first kappa shape index (κ1) is 14.3. The van der Waals surface area contributed by atoms with Crippen molar-refractivity contribution in [2.24, 2.45) is 11.7 Å². The first-order valence-corrected chi connectivity index (χ1v) is 7.62. The predicted molar refractivity (Wildman–Crippen MR) is 75.6 cm³/mol. The number of ether oxygens (including phenoxy) is 1. The molecule has 0 amide bonds. The van der Waals surface area contributed by atoms with Gasteiger partial charge >= 0.3 is 0 Å². The molecule has 0 aromatic carbocycles. The Morgan fingerprint density at radius 2 is 2.17 bits per heavy atom. The van der Waals surface area contributed by atoms with E-state index in [2.05, 4.69) is 26.1 Å². The molecule has 1 aliphatic carbocycles. The fourth-order valence-electron chi connectivity index (χ4n) is 3.70. The molecular weight excluding hydrogens is 224 g/mol. The second-order valence-electron chi connectivity index (χ2n) is 6.82. The van der Waals surface area contributed by atoms with Gasteiger partial charge in [-0.15, -0.1) is 0 Å². The SMILES string of the molecule is CCC1(C)CC(CN)(NC2CCC(C)C2)CCO1. The van der Waals surface area contributed by atoms with Crippen LogP contribution in [0.25, 0.3) is 0 Å². The monoisotopic (exact) mass is 254 g/mol. The maximum absolute atomic E-state index is 6.11. The highest BCUT2D eigenvalue weighted by Crippen LogP contribution is 2.36. The van der Waals surface area contributed by atoms with Gasteiger partial charge in [-0.2, -0.15) is 0 Å². The molecule has 106 valence electrons. The van der Waals surface area contributed by atoms with Crippen molar-refractivity contribution in [3.05, 3.63) is 0 Å². The van der Waals surface area contributed by atoms with Crippen LogP contribution in [0.15, 0.2) is 0 Å². The third-order valence-corrected chi connectivity index (χ3v) is 5.09. The normalized spacial score (nSPS) is 45.3. The van der Waals surface area contributed by atoms with Gasteiger partial charge in [0.15, 0.2) is 0 Å². The summed E-state index contributed by atoms with van der Waals surface area (Å²) in [5.41, 5.74) is 6.23. The summed E-state index contributed by atoms with van der Waals surface area (Å²) in [7, 11) is 0. The first-order valence-electron chi connectivity index (χ1n) is 7.62. The Labute approximate surface area is 112 Å². The van der Waals surface area contributed by atoms with E-state index in [4.69, 9.17) is 10.5 Å². The topological polar surface area (TPSA) is 47.3 Å². The van der Waals surface area contributed by atoms with Crippen molar-refractivity contribution in [3.8, 4) is 0 Å². The fourth-order valence-corrected chi connectivity index (χ4v) is 3.70. The van der Waals surface area contributed by atoms with E-state index in [1.165, 1.54) is 19.3 Å². The zero-order valence-electron chi connectivity index (χ0n) is 12.3. The average molecular weight is 254 g/mol. The lowest BCUT2D eigenvalue weighted by atomic mass is 9.78. The summed E-state index contributed by atoms with van der Waals surface area (Å²) in [6.07, 6.45) is 7.16. The fraction of sp³-hybridized carbons (Fsp3) is 1.00. The Morgan fingerprint density at radius 3 is 2.72 bits per heavy atom. The Hall–Kier alpha value is -0.120. The van der Waals surface area contributed by atoms with E-state index in [9.17, 15) is 0 Å². The molecule has 3 heteroatoms. The molecule has 4 atom stereocenters. The van der Waals surface area contributed by atoms with Crippen LogP contribution in [-0.2, 0) is 4.74 Å². The van der Waals surface area contributed by atoms with Crippen molar-refractivity contribution in [2.45, 2.75) is 76.5 Å². The molecule has 1 heterocycles. The lowest BCUT2D eigenvalue weighted by Gasteiger charge is -2.47. The van der Waals surface area contributed by atoms with Gasteiger partial charge in [0.2, 0.25) is 0 Å². The molecule has 2 rings (SSSR count). The van der Waals surface area contributed by atoms with Crippen LogP contribution in [-0.4, -0.2) is 30.3 Å². The number of nitrogens with one attached hydrogen (secondary N) is 1. The molecule has 4 unspecified atom stereocenters. The molecule has 0 bridgehead atoms. The number of nitrogens with two attached hydrogens (primary N) is 1. The van der Waals surface area contributed by atoms with Gasteiger partial charge in [-0.3, -0.25) is 0 Å². The Balaban J connectivity index is 2.01. The largest absolute Gasteiger partial charge is 0.375 e. The molecule has 0 radical (unpaired) electrons. The van der Waals surface area contributed by atoms with Gasteiger partial charge in [-0.05, 0) is 51.4 Å². The van der Waals surface area contributed by atoms with Crippen molar-refractivity contribution in [2.75, 3.05) is 13.2 Å². The molecule has 3 N–H and O–H groups in total. The van der Waals surface area contributed by atoms with Gasteiger partial charge < -0.3 is 15.8 Å². The average Bonchev–Trinajstić information content (AvgIpc) is 2.75. The van der Waals surface area contributed by atoms with Gasteiger partial charge in [0.25, 0.3) is 0 Å². The van der Waals surface area contributed by atoms with E-state index in [1.54, 1.807) is 0 Å². The zero-order chi connectivity index (χ0) is 13.2. The quantitative estimate of drug-likeness (QED) is 0.810. The molecule has 2 aliphatic rings. The highest BCUT2D eigenvalue weighted by molar-refractivity contribution is 5.01. The molecule has 0 aromatic heterocycles. The summed E-state index contributed by atoms with van der Waals surface area (Å²) in [6.45, 7) is 8.38. The lowest BCUT2D eigenvalue weighted by molar-refractivity contribution is -0.101. The number of hydrogen-bond donors (Lipinski definition) is 2. The van der Waals surface area contributed by atoms with E-state index >= 15 is 0 Å². The van der Waals surface area contributed by atoms with Crippen LogP contribution in [0.5, 0.6) is 0 Å². The molecule has 3 nitrogen and oxygen atoms in total. The van der Waals surface area contributed by atoms with Crippen molar-refractivity contribution < 1.29 is 4.74 Å². The van der Waals surface area contributed by atoms with E-state index in [0.717, 1.165) is 38.3 Å². The molecular formula is C15H30N2O. The van der Waals surface area contributed by atoms with Crippen LogP contribution in [0.2, 0.25) is 0 Å². The maximum atomic E-state index is 6.11. The van der Waals surface area contributed by atoms with Crippen molar-refractivity contribution in [3.63, 3.8) is 0 Å². The van der Waals surface area contributed by atoms with Crippen LogP contribution < -0.4 is 11.1 Å². The van der Waals surface area contributed by atoms with E-state index in [0.29, 0.717) is 6.04 Å². The van der Waals surface area contributed by atoms with Crippen LogP contribution in [0, 0.1) is 5.92 Å². The van der Waals surface area contributed by atoms with Crippen LogP contribution >= 0.6 is 0 Å². The molecule has 1 aliphatic heterocycles. The van der Waals surface area contributed by atoms with Crippen molar-refractivity contribution >= 4 is 0 Å². The van der Waals surface area contributed by atoms with Gasteiger partial charge in [0.1, 0.15) is 0 Å². The Bertz CT molecular complexity index is 284. The number of hydrogen-bond acceptors (Lipinski definition) is 3. The van der Waals surface area contributed by atoms with Crippen LogP contribution in [0.1, 0.15) is 59.3 Å². The minimum Gasteiger partial charge on any atom is -0.375 e. The smallest absolute Gasteiger partial charge is 0.0670 e. The summed E-state index contributed by atoms with van der Waals surface area (Å²) >= 11 is 0. The summed E-state index contributed by atoms with van der Waals surface area (Å²) in [4.78, 5) is 0. The predicted octanol–water partition coefficient (Wildman–Crippen LogP) is 2.44. The molecule has 1 saturated heterocycles. The highest BCUT2D eigenvalue weighted by atomic mass is 16.5. The summed E-state index contributed by atoms with van der Waals surface area (Å²) < 4.78 is 5.96. The van der Waals surface area contributed by atoms with Gasteiger partial charge in [0, 0.05) is 24.7 Å². The second-order valence-corrected chi connectivity index (χ2v) is 6.82. The van der Waals surface area contributed by atoms with Gasteiger partial charge in [0.05, 0.1) is 5.60 Å². The highest BCUT2D eigenvalue weighted by Gasteiger charge is 2.43. The molecule has 1 saturated carbocycles. The summed E-state index contributed by atoms with van der Waals surface area (Å²) in [5.74, 6) is 0.870. The van der Waals surface area contributed by atoms with Gasteiger partial charge in [-0.1, -0.05) is 13.8 Å². The summed E-state index contributed by atoms with van der Waals surface area (Å²) in [5, 5.41) is 3.90. The lowest BCUT2D eigenvalue weighted by Crippen LogP contribution is -2.61. The third-order valence-electron chi connectivity index (χ3n) is 5.09. The third kappa shape index (κ3) is 3.06. The summed E-state index contributed by atoms with van der Waals surface area (Å²) in [6, 6.07) is 0.669. The maximum Gasteiger partial charge on any atom is 0.0670 e.